The van der Waals surface area contributed by atoms with Gasteiger partial charge in [-0.1, -0.05) is 0 Å². The predicted octanol–water partition coefficient (Wildman–Crippen LogP) is 4.66. The van der Waals surface area contributed by atoms with Crippen LogP contribution in [0.5, 0.6) is 11.6 Å². The Kier molecular flexibility index (Phi) is 7.43. The van der Waals surface area contributed by atoms with Crippen molar-refractivity contribution < 1.29 is 28.5 Å². The highest BCUT2D eigenvalue weighted by Gasteiger charge is 2.17. The van der Waals surface area contributed by atoms with E-state index in [0.717, 1.165) is 15.8 Å². The highest BCUT2D eigenvalue weighted by Crippen LogP contribution is 2.37. The molecule has 0 saturated carbocycles. The lowest BCUT2D eigenvalue weighted by Crippen LogP contribution is -2.24. The molecule has 5 aromatic rings. The average Bonchev–Trinajstić information content (AvgIpc) is 3.34. The summed E-state index contributed by atoms with van der Waals surface area (Å²) in [4.78, 5) is 33.4. The number of ether oxygens (including phenoxy) is 3. The van der Waals surface area contributed by atoms with Crippen LogP contribution in [0.4, 0.5) is 14.9 Å². The van der Waals surface area contributed by atoms with Crippen LogP contribution in [-0.4, -0.2) is 55.9 Å². The largest absolute Gasteiger partial charge is 0.484 e. The maximum atomic E-state index is 14.9. The molecule has 2 aromatic carbocycles. The van der Waals surface area contributed by atoms with Gasteiger partial charge < -0.3 is 19.3 Å². The molecule has 200 valence electrons. The summed E-state index contributed by atoms with van der Waals surface area (Å²) in [6.45, 7) is 3.16. The maximum absolute atomic E-state index is 14.9. The number of halogens is 1. The molecule has 0 fully saturated rings. The van der Waals surface area contributed by atoms with Crippen molar-refractivity contribution in [1.82, 2.24) is 24.9 Å². The molecule has 0 spiro atoms. The molecule has 0 aliphatic carbocycles. The summed E-state index contributed by atoms with van der Waals surface area (Å²) in [5, 5.41) is 12.1. The van der Waals surface area contributed by atoms with Gasteiger partial charge in [-0.15, -0.1) is 11.3 Å². The lowest BCUT2D eigenvalue weighted by Gasteiger charge is -2.15. The highest BCUT2D eigenvalue weighted by atomic mass is 32.1. The number of hydrogen-bond acceptors (Lipinski definition) is 11. The summed E-state index contributed by atoms with van der Waals surface area (Å²) in [6, 6.07) is 6.77. The molecular weight excluding hydrogens is 527 g/mol. The Morgan fingerprint density at radius 2 is 1.90 bits per heavy atom. The fourth-order valence-corrected chi connectivity index (χ4v) is 4.74. The molecule has 0 saturated heterocycles. The molecule has 3 heterocycles. The number of nitrogens with one attached hydrogen (secondary N) is 1. The number of thiazole rings is 1. The van der Waals surface area contributed by atoms with Gasteiger partial charge in [0.2, 0.25) is 5.88 Å². The van der Waals surface area contributed by atoms with Gasteiger partial charge in [0, 0.05) is 17.7 Å². The van der Waals surface area contributed by atoms with Gasteiger partial charge in [-0.3, -0.25) is 5.32 Å². The maximum Gasteiger partial charge on any atom is 0.411 e. The Balaban J connectivity index is 1.30. The van der Waals surface area contributed by atoms with Gasteiger partial charge in [-0.2, -0.15) is 0 Å². The van der Waals surface area contributed by atoms with Gasteiger partial charge in [-0.05, 0) is 31.5 Å². The van der Waals surface area contributed by atoms with Gasteiger partial charge in [0.05, 0.1) is 52.6 Å². The van der Waals surface area contributed by atoms with E-state index in [-0.39, 0.29) is 24.8 Å². The number of rotatable bonds is 8. The summed E-state index contributed by atoms with van der Waals surface area (Å²) in [5.74, 6) is 0.0642. The molecule has 0 radical (unpaired) electrons. The fourth-order valence-electron chi connectivity index (χ4n) is 3.74. The molecule has 0 aliphatic heterocycles. The zero-order valence-corrected chi connectivity index (χ0v) is 22.0. The van der Waals surface area contributed by atoms with Crippen LogP contribution in [0.2, 0.25) is 0 Å². The third kappa shape index (κ3) is 5.84. The number of carbonyl (C=O) groups excluding carboxylic acids is 1. The van der Waals surface area contributed by atoms with Crippen molar-refractivity contribution >= 4 is 44.4 Å². The topological polar surface area (TPSA) is 141 Å². The lowest BCUT2D eigenvalue weighted by atomic mass is 10.1. The summed E-state index contributed by atoms with van der Waals surface area (Å²) in [5.41, 5.74) is 3.88. The molecule has 0 unspecified atom stereocenters. The van der Waals surface area contributed by atoms with Gasteiger partial charge in [-0.25, -0.2) is 34.1 Å². The number of carbonyl (C=O) groups is 1. The standard InChI is InChI=1S/C26H23FN6O5S/c1-13-4-16(24-19(5-13)32-23(36-3)10-30-24)25-33-18-6-17(27)20(7-21(18)39-25)38-14(2)12-37-26(35)31-15-8-28-22(11-34)29-9-15/h4-10,14,34H,11-12H2,1-3H3,(H,31,35)/t14-/m0/s1. The zero-order valence-electron chi connectivity index (χ0n) is 21.1. The van der Waals surface area contributed by atoms with Crippen molar-refractivity contribution in [2.24, 2.45) is 0 Å². The van der Waals surface area contributed by atoms with Crippen molar-refractivity contribution in [3.05, 3.63) is 60.1 Å². The Labute approximate surface area is 225 Å². The van der Waals surface area contributed by atoms with E-state index in [9.17, 15) is 9.18 Å². The third-order valence-corrected chi connectivity index (χ3v) is 6.57. The molecule has 1 atom stereocenters. The minimum Gasteiger partial charge on any atom is -0.484 e. The molecule has 1 amide bonds. The van der Waals surface area contributed by atoms with E-state index in [1.54, 1.807) is 19.2 Å². The number of aromatic nitrogens is 5. The van der Waals surface area contributed by atoms with Crippen molar-refractivity contribution in [1.29, 1.82) is 0 Å². The van der Waals surface area contributed by atoms with E-state index in [4.69, 9.17) is 19.3 Å². The Hall–Kier alpha value is -4.49. The number of anilines is 1. The minimum atomic E-state index is -0.750. The second-order valence-electron chi connectivity index (χ2n) is 8.56. The first kappa shape index (κ1) is 26.1. The van der Waals surface area contributed by atoms with Crippen molar-refractivity contribution in [3.8, 4) is 22.2 Å². The van der Waals surface area contributed by atoms with E-state index >= 15 is 0 Å². The van der Waals surface area contributed by atoms with Crippen LogP contribution >= 0.6 is 11.3 Å². The molecule has 39 heavy (non-hydrogen) atoms. The molecule has 13 heteroatoms. The second-order valence-corrected chi connectivity index (χ2v) is 9.59. The van der Waals surface area contributed by atoms with Gasteiger partial charge in [0.25, 0.3) is 0 Å². The number of aliphatic hydroxyl groups excluding tert-OH is 1. The summed E-state index contributed by atoms with van der Waals surface area (Å²) in [6.07, 6.45) is 2.84. The van der Waals surface area contributed by atoms with E-state index in [1.807, 2.05) is 19.1 Å². The highest BCUT2D eigenvalue weighted by molar-refractivity contribution is 7.21. The molecule has 0 aliphatic rings. The molecule has 11 nitrogen and oxygen atoms in total. The number of amides is 1. The number of fused-ring (bicyclic) bond motifs is 2. The summed E-state index contributed by atoms with van der Waals surface area (Å²) >= 11 is 1.38. The summed E-state index contributed by atoms with van der Waals surface area (Å²) < 4.78 is 31.7. The van der Waals surface area contributed by atoms with Gasteiger partial charge in [0.15, 0.2) is 17.4 Å². The van der Waals surface area contributed by atoms with E-state index in [2.05, 4.69) is 30.2 Å². The predicted molar refractivity (Wildman–Crippen MR) is 142 cm³/mol. The van der Waals surface area contributed by atoms with Crippen LogP contribution in [0.25, 0.3) is 31.8 Å². The lowest BCUT2D eigenvalue weighted by molar-refractivity contribution is 0.0969. The molecular formula is C26H23FN6O5S. The van der Waals surface area contributed by atoms with Crippen molar-refractivity contribution in [2.75, 3.05) is 19.0 Å². The summed E-state index contributed by atoms with van der Waals surface area (Å²) in [7, 11) is 1.53. The van der Waals surface area contributed by atoms with Crippen LogP contribution in [-0.2, 0) is 11.3 Å². The average molecular weight is 551 g/mol. The molecule has 0 bridgehead atoms. The quantitative estimate of drug-likeness (QED) is 0.280. The normalized spacial score (nSPS) is 11.9. The van der Waals surface area contributed by atoms with E-state index in [1.165, 1.54) is 36.9 Å². The smallest absolute Gasteiger partial charge is 0.411 e. The van der Waals surface area contributed by atoms with E-state index in [0.29, 0.717) is 33.1 Å². The van der Waals surface area contributed by atoms with Gasteiger partial charge in [0.1, 0.15) is 24.3 Å². The first-order chi connectivity index (χ1) is 18.8. The van der Waals surface area contributed by atoms with Crippen LogP contribution in [0.1, 0.15) is 18.3 Å². The second kappa shape index (κ2) is 11.1. The number of aryl methyl sites for hydroxylation is 1. The van der Waals surface area contributed by atoms with E-state index < -0.39 is 18.0 Å². The number of benzene rings is 2. The molecule has 2 N–H and O–H groups in total. The van der Waals surface area contributed by atoms with Crippen LogP contribution in [0, 0.1) is 12.7 Å². The van der Waals surface area contributed by atoms with Crippen LogP contribution in [0.15, 0.2) is 42.9 Å². The van der Waals surface area contributed by atoms with Crippen LogP contribution in [0.3, 0.4) is 0 Å². The fraction of sp³-hybridized carbons (Fsp3) is 0.231. The first-order valence-corrected chi connectivity index (χ1v) is 12.6. The number of methoxy groups -OCH3 is 1. The van der Waals surface area contributed by atoms with Crippen LogP contribution < -0.4 is 14.8 Å². The Bertz CT molecular complexity index is 1660. The van der Waals surface area contributed by atoms with Crippen molar-refractivity contribution in [3.63, 3.8) is 0 Å². The zero-order chi connectivity index (χ0) is 27.5. The SMILES string of the molecule is COc1cnc2c(-c3nc4cc(F)c(O[C@@H](C)COC(=O)Nc5cnc(CO)nc5)cc4s3)cc(C)cc2n1. The number of hydrogen-bond donors (Lipinski definition) is 2. The Morgan fingerprint density at radius 1 is 1.10 bits per heavy atom. The Morgan fingerprint density at radius 3 is 2.64 bits per heavy atom. The third-order valence-electron chi connectivity index (χ3n) is 5.52. The first-order valence-electron chi connectivity index (χ1n) is 11.8. The monoisotopic (exact) mass is 550 g/mol. The minimum absolute atomic E-state index is 0.0147. The van der Waals surface area contributed by atoms with Gasteiger partial charge >= 0.3 is 6.09 Å². The molecule has 5 rings (SSSR count). The number of nitrogens with zero attached hydrogens (tertiary/aromatic N) is 5. The molecule has 3 aromatic heterocycles. The van der Waals surface area contributed by atoms with Crippen molar-refractivity contribution in [2.45, 2.75) is 26.6 Å². The number of aliphatic hydroxyl groups is 1.